The van der Waals surface area contributed by atoms with E-state index in [1.54, 1.807) is 12.1 Å². The minimum Gasteiger partial charge on any atom is -0.454 e. The van der Waals surface area contributed by atoms with Gasteiger partial charge >= 0.3 is 0 Å². The van der Waals surface area contributed by atoms with Crippen LogP contribution in [0.1, 0.15) is 29.5 Å². The molecule has 0 saturated heterocycles. The Hall–Kier alpha value is -2.85. The van der Waals surface area contributed by atoms with E-state index in [2.05, 4.69) is 31.4 Å². The van der Waals surface area contributed by atoms with Crippen molar-refractivity contribution in [3.63, 3.8) is 0 Å². The van der Waals surface area contributed by atoms with Crippen molar-refractivity contribution in [3.8, 4) is 17.2 Å². The van der Waals surface area contributed by atoms with Crippen LogP contribution in [0.25, 0.3) is 5.69 Å². The first kappa shape index (κ1) is 22.3. The van der Waals surface area contributed by atoms with Gasteiger partial charge in [-0.05, 0) is 30.7 Å². The molecule has 1 N–H and O–H groups in total. The average Bonchev–Trinajstić information content (AvgIpc) is 3.41. The van der Waals surface area contributed by atoms with Crippen LogP contribution in [0, 0.1) is 0 Å². The van der Waals surface area contributed by atoms with Crippen LogP contribution in [0.2, 0.25) is 0 Å². The standard InChI is InChI=1S/C22H21BrN4O4S/c1-14(28)24-10-2-3-21-25-26-22(32-12-18(29)15-4-6-16(23)7-5-15)27(21)17-8-9-19-20(11-17)31-13-30-19/h4-9,11H,2-3,10,12-13H2,1H3,(H,24,28). The number of amides is 1. The van der Waals surface area contributed by atoms with Crippen LogP contribution in [-0.4, -0.2) is 45.5 Å². The molecule has 0 aliphatic carbocycles. The largest absolute Gasteiger partial charge is 0.454 e. The van der Waals surface area contributed by atoms with E-state index in [1.807, 2.05) is 34.9 Å². The van der Waals surface area contributed by atoms with Gasteiger partial charge in [0.15, 0.2) is 22.4 Å². The van der Waals surface area contributed by atoms with Crippen LogP contribution in [0.5, 0.6) is 11.5 Å². The second-order valence-corrected chi connectivity index (χ2v) is 8.94. The fourth-order valence-electron chi connectivity index (χ4n) is 3.20. The van der Waals surface area contributed by atoms with E-state index in [0.717, 1.165) is 16.0 Å². The number of nitrogens with one attached hydrogen (secondary N) is 1. The Bertz CT molecular complexity index is 1130. The van der Waals surface area contributed by atoms with Crippen molar-refractivity contribution in [2.75, 3.05) is 19.1 Å². The molecule has 8 nitrogen and oxygen atoms in total. The molecule has 0 radical (unpaired) electrons. The van der Waals surface area contributed by atoms with Gasteiger partial charge in [0.25, 0.3) is 0 Å². The number of aromatic nitrogens is 3. The zero-order valence-corrected chi connectivity index (χ0v) is 19.7. The number of rotatable bonds is 9. The first-order valence-electron chi connectivity index (χ1n) is 10.0. The van der Waals surface area contributed by atoms with E-state index in [9.17, 15) is 9.59 Å². The Morgan fingerprint density at radius 3 is 2.69 bits per heavy atom. The summed E-state index contributed by atoms with van der Waals surface area (Å²) in [6, 6.07) is 12.9. The fourth-order valence-corrected chi connectivity index (χ4v) is 4.33. The van der Waals surface area contributed by atoms with E-state index >= 15 is 0 Å². The highest BCUT2D eigenvalue weighted by Gasteiger charge is 2.20. The van der Waals surface area contributed by atoms with Gasteiger partial charge in [-0.15, -0.1) is 10.2 Å². The summed E-state index contributed by atoms with van der Waals surface area (Å²) in [7, 11) is 0. The average molecular weight is 517 g/mol. The van der Waals surface area contributed by atoms with Gasteiger partial charge in [-0.3, -0.25) is 14.2 Å². The number of thioether (sulfide) groups is 1. The van der Waals surface area contributed by atoms with Crippen LogP contribution in [0.3, 0.4) is 0 Å². The van der Waals surface area contributed by atoms with E-state index < -0.39 is 0 Å². The number of Topliss-reactive ketones (excluding diaryl/α,β-unsaturated/α-hetero) is 1. The number of hydrogen-bond acceptors (Lipinski definition) is 7. The highest BCUT2D eigenvalue weighted by atomic mass is 79.9. The highest BCUT2D eigenvalue weighted by Crippen LogP contribution is 2.35. The molecular formula is C22H21BrN4O4S. The lowest BCUT2D eigenvalue weighted by Crippen LogP contribution is -2.21. The van der Waals surface area contributed by atoms with Crippen molar-refractivity contribution in [1.29, 1.82) is 0 Å². The molecular weight excluding hydrogens is 496 g/mol. The molecule has 0 unspecified atom stereocenters. The first-order chi connectivity index (χ1) is 15.5. The number of benzene rings is 2. The summed E-state index contributed by atoms with van der Waals surface area (Å²) in [6.45, 7) is 2.23. The van der Waals surface area contributed by atoms with E-state index in [4.69, 9.17) is 9.47 Å². The number of carbonyl (C=O) groups is 2. The second kappa shape index (κ2) is 10.2. The molecule has 0 bridgehead atoms. The smallest absolute Gasteiger partial charge is 0.231 e. The van der Waals surface area contributed by atoms with Crippen LogP contribution in [0.4, 0.5) is 0 Å². The lowest BCUT2D eigenvalue weighted by atomic mass is 10.2. The summed E-state index contributed by atoms with van der Waals surface area (Å²) in [5.41, 5.74) is 1.47. The first-order valence-corrected chi connectivity index (χ1v) is 11.8. The molecule has 0 spiro atoms. The summed E-state index contributed by atoms with van der Waals surface area (Å²) in [6.07, 6.45) is 1.33. The zero-order valence-electron chi connectivity index (χ0n) is 17.3. The molecule has 0 fully saturated rings. The van der Waals surface area contributed by atoms with Gasteiger partial charge in [-0.1, -0.05) is 39.8 Å². The minimum absolute atomic E-state index is 0.00921. The monoisotopic (exact) mass is 516 g/mol. The van der Waals surface area contributed by atoms with Crippen LogP contribution >= 0.6 is 27.7 Å². The quantitative estimate of drug-likeness (QED) is 0.262. The van der Waals surface area contributed by atoms with Crippen molar-refractivity contribution >= 4 is 39.4 Å². The third-order valence-corrected chi connectivity index (χ3v) is 6.22. The third-order valence-electron chi connectivity index (χ3n) is 4.76. The van der Waals surface area contributed by atoms with Crippen molar-refractivity contribution in [2.24, 2.45) is 0 Å². The van der Waals surface area contributed by atoms with Gasteiger partial charge in [0, 0.05) is 36.0 Å². The van der Waals surface area contributed by atoms with E-state index in [-0.39, 0.29) is 24.2 Å². The number of halogens is 1. The van der Waals surface area contributed by atoms with Gasteiger partial charge in [-0.25, -0.2) is 0 Å². The van der Waals surface area contributed by atoms with Crippen LogP contribution < -0.4 is 14.8 Å². The highest BCUT2D eigenvalue weighted by molar-refractivity contribution is 9.10. The Morgan fingerprint density at radius 1 is 1.12 bits per heavy atom. The summed E-state index contributed by atoms with van der Waals surface area (Å²) >= 11 is 4.72. The molecule has 1 aliphatic rings. The maximum atomic E-state index is 12.6. The van der Waals surface area contributed by atoms with Crippen LogP contribution in [0.15, 0.2) is 52.1 Å². The number of aryl methyl sites for hydroxylation is 1. The molecule has 4 rings (SSSR count). The molecule has 1 aliphatic heterocycles. The van der Waals surface area contributed by atoms with Gasteiger partial charge in [0.2, 0.25) is 12.7 Å². The number of hydrogen-bond donors (Lipinski definition) is 1. The van der Waals surface area contributed by atoms with Gasteiger partial charge in [0.1, 0.15) is 5.82 Å². The molecule has 0 atom stereocenters. The second-order valence-electron chi connectivity index (χ2n) is 7.08. The predicted molar refractivity (Wildman–Crippen MR) is 124 cm³/mol. The Morgan fingerprint density at radius 2 is 1.91 bits per heavy atom. The summed E-state index contributed by atoms with van der Waals surface area (Å²) in [5, 5.41) is 12.1. The maximum Gasteiger partial charge on any atom is 0.231 e. The molecule has 166 valence electrons. The van der Waals surface area contributed by atoms with Gasteiger partial charge in [0.05, 0.1) is 11.4 Å². The van der Waals surface area contributed by atoms with Crippen molar-refractivity contribution in [3.05, 3.63) is 58.3 Å². The maximum absolute atomic E-state index is 12.6. The topological polar surface area (TPSA) is 95.3 Å². The molecule has 32 heavy (non-hydrogen) atoms. The minimum atomic E-state index is -0.0649. The number of fused-ring (bicyclic) bond motifs is 1. The number of nitrogens with zero attached hydrogens (tertiary/aromatic N) is 3. The fraction of sp³-hybridized carbons (Fsp3) is 0.273. The number of ether oxygens (including phenoxy) is 2. The summed E-state index contributed by atoms with van der Waals surface area (Å²) in [4.78, 5) is 23.8. The van der Waals surface area contributed by atoms with Crippen molar-refractivity contribution < 1.29 is 19.1 Å². The zero-order chi connectivity index (χ0) is 22.5. The summed E-state index contributed by atoms with van der Waals surface area (Å²) < 4.78 is 13.8. The molecule has 2 heterocycles. The molecule has 1 aromatic heterocycles. The summed E-state index contributed by atoms with van der Waals surface area (Å²) in [5.74, 6) is 2.26. The van der Waals surface area contributed by atoms with Crippen LogP contribution in [-0.2, 0) is 11.2 Å². The number of carbonyl (C=O) groups excluding carboxylic acids is 2. The molecule has 10 heteroatoms. The lowest BCUT2D eigenvalue weighted by Gasteiger charge is -2.11. The molecule has 0 saturated carbocycles. The number of ketones is 1. The molecule has 2 aromatic carbocycles. The Kier molecular flexibility index (Phi) is 7.11. The van der Waals surface area contributed by atoms with E-state index in [0.29, 0.717) is 41.6 Å². The van der Waals surface area contributed by atoms with Gasteiger partial charge < -0.3 is 14.8 Å². The normalized spacial score (nSPS) is 12.1. The Labute approximate surface area is 197 Å². The molecule has 3 aromatic rings. The molecule has 1 amide bonds. The lowest BCUT2D eigenvalue weighted by molar-refractivity contribution is -0.118. The van der Waals surface area contributed by atoms with E-state index in [1.165, 1.54) is 18.7 Å². The third kappa shape index (κ3) is 5.31. The Balaban J connectivity index is 1.55. The van der Waals surface area contributed by atoms with Gasteiger partial charge in [-0.2, -0.15) is 0 Å². The SMILES string of the molecule is CC(=O)NCCCc1nnc(SCC(=O)c2ccc(Br)cc2)n1-c1ccc2c(c1)OCO2. The van der Waals surface area contributed by atoms with Crippen molar-refractivity contribution in [2.45, 2.75) is 24.9 Å². The van der Waals surface area contributed by atoms with Crippen molar-refractivity contribution in [1.82, 2.24) is 20.1 Å². The predicted octanol–water partition coefficient (Wildman–Crippen LogP) is 3.80.